The Morgan fingerprint density at radius 1 is 1.59 bits per heavy atom. The lowest BCUT2D eigenvalue weighted by molar-refractivity contribution is -0.0451. The van der Waals surface area contributed by atoms with Crippen LogP contribution in [0.5, 0.6) is 0 Å². The molecular weight excluding hydrogens is 307 g/mol. The van der Waals surface area contributed by atoms with Gasteiger partial charge in [0, 0.05) is 6.20 Å². The van der Waals surface area contributed by atoms with E-state index in [0.29, 0.717) is 11.0 Å². The average Bonchev–Trinajstić information content (AvgIpc) is 3.08. The summed E-state index contributed by atoms with van der Waals surface area (Å²) >= 11 is 0.963. The van der Waals surface area contributed by atoms with Gasteiger partial charge in [0.15, 0.2) is 12.0 Å². The molecule has 1 aliphatic heterocycles. The van der Waals surface area contributed by atoms with Gasteiger partial charge < -0.3 is 29.4 Å². The number of aliphatic hydroxyl groups excluding tert-OH is 2. The van der Waals surface area contributed by atoms with Crippen LogP contribution < -0.4 is 5.73 Å². The molecule has 2 aromatic rings. The molecule has 0 radical (unpaired) electrons. The van der Waals surface area contributed by atoms with Crippen LogP contribution in [0, 0.1) is 0 Å². The van der Waals surface area contributed by atoms with Crippen molar-refractivity contribution in [2.45, 2.75) is 24.5 Å². The highest BCUT2D eigenvalue weighted by Gasteiger charge is 2.44. The molecule has 1 saturated heterocycles. The number of imidazole rings is 1. The van der Waals surface area contributed by atoms with Crippen LogP contribution in [0.1, 0.15) is 6.23 Å². The number of hydrogen-bond donors (Lipinski definition) is 3. The number of nitrogens with two attached hydrogens (primary N) is 1. The summed E-state index contributed by atoms with van der Waals surface area (Å²) in [6.45, 7) is 0.0302. The average molecular weight is 327 g/mol. The second-order valence-electron chi connectivity index (χ2n) is 4.83. The van der Waals surface area contributed by atoms with Gasteiger partial charge in [-0.1, -0.05) is 0 Å². The largest absolute Gasteiger partial charge is 0.387 e. The summed E-state index contributed by atoms with van der Waals surface area (Å²) in [4.78, 5) is 8.12. The summed E-state index contributed by atoms with van der Waals surface area (Å²) in [5, 5.41) is 20.4. The van der Waals surface area contributed by atoms with Crippen molar-refractivity contribution in [2.24, 2.45) is 0 Å². The van der Waals surface area contributed by atoms with Crippen LogP contribution in [0.3, 0.4) is 0 Å². The first kappa shape index (κ1) is 13.1. The topological polar surface area (TPSA) is 116 Å². The predicted molar refractivity (Wildman–Crippen MR) is 84.8 cm³/mol. The standard InChI is InChI=1S/C12H17BN4O4S/c13-4-22-20-3-7-9(18)10(19)12(21-7)17-5-16-8-6(17)1-2-15-11(8)14/h1-2,5,7,9-10,12,18-19H,3-4,13H2,(H2,14,15)/t7-,9?,10+,12-/m1/s1/i13TD. The summed E-state index contributed by atoms with van der Waals surface area (Å²) in [6.07, 6.45) is -0.838. The van der Waals surface area contributed by atoms with E-state index in [1.165, 1.54) is 12.5 Å². The van der Waals surface area contributed by atoms with Crippen LogP contribution in [0.25, 0.3) is 11.0 Å². The lowest BCUT2D eigenvalue weighted by Gasteiger charge is -2.17. The van der Waals surface area contributed by atoms with E-state index in [0.717, 1.165) is 12.0 Å². The van der Waals surface area contributed by atoms with E-state index in [1.807, 2.05) is 0 Å². The van der Waals surface area contributed by atoms with E-state index < -0.39 is 32.3 Å². The van der Waals surface area contributed by atoms with Crippen LogP contribution in [-0.2, 0) is 8.92 Å². The molecule has 0 aromatic carbocycles. The van der Waals surface area contributed by atoms with Crippen molar-refractivity contribution in [1.29, 1.82) is 2.67 Å². The molecule has 2 aromatic heterocycles. The van der Waals surface area contributed by atoms with E-state index in [-0.39, 0.29) is 18.1 Å². The zero-order chi connectivity index (χ0) is 17.3. The number of aliphatic hydroxyl groups is 2. The van der Waals surface area contributed by atoms with Gasteiger partial charge >= 0.3 is 0 Å². The number of hydrogen-bond acceptors (Lipinski definition) is 8. The number of nitrogen functional groups attached to an aromatic ring is 1. The number of anilines is 1. The quantitative estimate of drug-likeness (QED) is 0.347. The maximum Gasteiger partial charge on any atom is 0.164 e. The molecule has 1 unspecified atom stereocenters. The smallest absolute Gasteiger partial charge is 0.164 e. The number of fused-ring (bicyclic) bond motifs is 1. The Morgan fingerprint density at radius 3 is 3.27 bits per heavy atom. The van der Waals surface area contributed by atoms with Crippen molar-refractivity contribution in [3.05, 3.63) is 18.6 Å². The molecule has 3 rings (SSSR count). The van der Waals surface area contributed by atoms with Crippen molar-refractivity contribution in [3.63, 3.8) is 0 Å². The van der Waals surface area contributed by atoms with E-state index >= 15 is 0 Å². The number of ether oxygens (including phenoxy) is 1. The highest BCUT2D eigenvalue weighted by molar-refractivity contribution is 7.95. The molecule has 3 heterocycles. The molecule has 10 heteroatoms. The molecule has 4 atom stereocenters. The van der Waals surface area contributed by atoms with Gasteiger partial charge in [-0.3, -0.25) is 0 Å². The van der Waals surface area contributed by atoms with Crippen molar-refractivity contribution >= 4 is 36.7 Å². The maximum absolute atomic E-state index is 10.3. The monoisotopic (exact) mass is 327 g/mol. The normalized spacial score (nSPS) is 29.5. The van der Waals surface area contributed by atoms with Gasteiger partial charge in [-0.2, -0.15) is 0 Å². The van der Waals surface area contributed by atoms with E-state index in [2.05, 4.69) is 9.97 Å². The first-order valence-corrected chi connectivity index (χ1v) is 7.57. The van der Waals surface area contributed by atoms with Crippen LogP contribution in [-0.4, -0.2) is 65.8 Å². The van der Waals surface area contributed by atoms with Gasteiger partial charge in [-0.15, -0.1) is 0 Å². The summed E-state index contributed by atoms with van der Waals surface area (Å²) < 4.78 is 26.7. The molecule has 4 N–H and O–H groups in total. The third kappa shape index (κ3) is 2.68. The van der Waals surface area contributed by atoms with Crippen molar-refractivity contribution in [1.82, 2.24) is 14.5 Å². The third-order valence-electron chi connectivity index (χ3n) is 3.52. The van der Waals surface area contributed by atoms with E-state index in [4.69, 9.17) is 17.3 Å². The Hall–Kier alpha value is -1.33. The van der Waals surface area contributed by atoms with Crippen LogP contribution in [0.4, 0.5) is 5.82 Å². The molecule has 0 spiro atoms. The Balaban J connectivity index is 1.71. The Labute approximate surface area is 135 Å². The number of nitrogens with zero attached hydrogens (tertiary/aromatic N) is 3. The fraction of sp³-hybridized carbons (Fsp3) is 0.500. The molecule has 0 amide bonds. The van der Waals surface area contributed by atoms with Gasteiger partial charge in [0.2, 0.25) is 0 Å². The second-order valence-corrected chi connectivity index (χ2v) is 5.64. The lowest BCUT2D eigenvalue weighted by atomic mass is 10.1. The zero-order valence-corrected chi connectivity index (χ0v) is 12.4. The van der Waals surface area contributed by atoms with Crippen LogP contribution >= 0.6 is 12.0 Å². The summed E-state index contributed by atoms with van der Waals surface area (Å²) in [7, 11) is -0.987. The van der Waals surface area contributed by atoms with E-state index in [1.54, 1.807) is 10.6 Å². The van der Waals surface area contributed by atoms with Crippen LogP contribution in [0.15, 0.2) is 18.6 Å². The van der Waals surface area contributed by atoms with Crippen molar-refractivity contribution < 1.29 is 19.1 Å². The molecule has 22 heavy (non-hydrogen) atoms. The predicted octanol–water partition coefficient (Wildman–Crippen LogP) is -1.11. The highest BCUT2D eigenvalue weighted by Crippen LogP contribution is 2.32. The van der Waals surface area contributed by atoms with Crippen LogP contribution in [0.2, 0.25) is 0 Å². The molecule has 1 fully saturated rings. The summed E-state index contributed by atoms with van der Waals surface area (Å²) in [5.74, 6) is 0.274. The molecule has 0 bridgehead atoms. The van der Waals surface area contributed by atoms with Gasteiger partial charge in [-0.05, 0) is 26.4 Å². The third-order valence-corrected chi connectivity index (χ3v) is 3.95. The Bertz CT molecular complexity index is 709. The van der Waals surface area contributed by atoms with Crippen molar-refractivity contribution in [2.75, 3.05) is 18.0 Å². The van der Waals surface area contributed by atoms with Gasteiger partial charge in [0.25, 0.3) is 0 Å². The van der Waals surface area contributed by atoms with E-state index in [9.17, 15) is 10.2 Å². The lowest BCUT2D eigenvalue weighted by Crippen LogP contribution is -2.33. The first-order chi connectivity index (χ1) is 11.5. The summed E-state index contributed by atoms with van der Waals surface area (Å²) in [6, 6.07) is 1.70. The molecule has 118 valence electrons. The molecule has 0 saturated carbocycles. The SMILES string of the molecule is [2H]B([3H])CSOC[C@H]1O[C@@H](n2cnc3c(N)nccc32)[C@@H](O)C1O. The summed E-state index contributed by atoms with van der Waals surface area (Å²) in [5.41, 5.74) is 7.09. The fourth-order valence-electron chi connectivity index (χ4n) is 2.44. The minimum Gasteiger partial charge on any atom is -0.387 e. The zero-order valence-electron chi connectivity index (χ0n) is 13.6. The number of pyridine rings is 1. The Kier molecular flexibility index (Phi) is 3.84. The molecule has 0 aliphatic carbocycles. The van der Waals surface area contributed by atoms with Crippen molar-refractivity contribution in [3.8, 4) is 0 Å². The minimum absolute atomic E-state index is 0.0302. The molecular formula is C12H17BN4O4S. The number of aromatic nitrogens is 3. The highest BCUT2D eigenvalue weighted by atomic mass is 32.2. The van der Waals surface area contributed by atoms with Gasteiger partial charge in [-0.25, -0.2) is 9.97 Å². The molecule has 8 nitrogen and oxygen atoms in total. The van der Waals surface area contributed by atoms with Gasteiger partial charge in [0.05, 0.1) is 18.5 Å². The fourth-order valence-corrected chi connectivity index (χ4v) is 2.77. The number of rotatable bonds is 6. The second kappa shape index (κ2) is 6.43. The maximum atomic E-state index is 10.3. The van der Waals surface area contributed by atoms with Gasteiger partial charge in [0.1, 0.15) is 31.6 Å². The minimum atomic E-state index is -1.16. The first-order valence-electron chi connectivity index (χ1n) is 7.82. The Morgan fingerprint density at radius 2 is 2.45 bits per heavy atom. The molecule has 1 aliphatic rings.